The summed E-state index contributed by atoms with van der Waals surface area (Å²) in [5, 5.41) is 2.60. The van der Waals surface area contributed by atoms with Crippen molar-refractivity contribution in [3.05, 3.63) is 35.9 Å². The molecule has 3 atom stereocenters. The van der Waals surface area contributed by atoms with Crippen LogP contribution in [0.4, 0.5) is 0 Å². The predicted molar refractivity (Wildman–Crippen MR) is 94.8 cm³/mol. The van der Waals surface area contributed by atoms with Crippen molar-refractivity contribution in [2.24, 2.45) is 0 Å². The molecule has 2 amide bonds. The summed E-state index contributed by atoms with van der Waals surface area (Å²) >= 11 is 1.53. The number of carbonyl (C=O) groups is 3. The van der Waals surface area contributed by atoms with E-state index in [-0.39, 0.29) is 17.2 Å². The van der Waals surface area contributed by atoms with E-state index in [1.807, 2.05) is 44.2 Å². The summed E-state index contributed by atoms with van der Waals surface area (Å²) in [5.41, 5.74) is 1.08. The van der Waals surface area contributed by atoms with Gasteiger partial charge in [-0.25, -0.2) is 4.79 Å². The fraction of sp³-hybridized carbons (Fsp3) is 0.500. The molecule has 7 heteroatoms. The minimum atomic E-state index is -0.613. The molecule has 3 rings (SSSR count). The lowest BCUT2D eigenvalue weighted by atomic mass is 9.96. The second kappa shape index (κ2) is 6.71. The second-order valence-corrected chi connectivity index (χ2v) is 8.58. The summed E-state index contributed by atoms with van der Waals surface area (Å²) in [6.07, 6.45) is 0.959. The van der Waals surface area contributed by atoms with Crippen molar-refractivity contribution >= 4 is 29.5 Å². The summed E-state index contributed by atoms with van der Waals surface area (Å²) in [7, 11) is 1.32. The lowest BCUT2D eigenvalue weighted by Crippen LogP contribution is -2.70. The SMILES string of the molecule is COC(=O)C1N2C(=O)C(NC(=O)CCc3ccccc3)[C@@H]2SC1(C)C. The third-order valence-corrected chi connectivity index (χ3v) is 6.24. The Bertz CT molecular complexity index is 692. The number of esters is 1. The van der Waals surface area contributed by atoms with E-state index in [1.165, 1.54) is 18.9 Å². The number of nitrogens with zero attached hydrogens (tertiary/aromatic N) is 1. The molecule has 2 saturated heterocycles. The number of nitrogens with one attached hydrogen (secondary N) is 1. The van der Waals surface area contributed by atoms with E-state index in [0.29, 0.717) is 12.8 Å². The molecular weight excluding hydrogens is 340 g/mol. The van der Waals surface area contributed by atoms with Gasteiger partial charge in [0.1, 0.15) is 17.5 Å². The molecule has 134 valence electrons. The molecule has 2 aliphatic rings. The molecule has 0 bridgehead atoms. The molecule has 0 aliphatic carbocycles. The Morgan fingerprint density at radius 1 is 1.28 bits per heavy atom. The summed E-state index contributed by atoms with van der Waals surface area (Å²) < 4.78 is 4.39. The second-order valence-electron chi connectivity index (χ2n) is 6.81. The van der Waals surface area contributed by atoms with Crippen LogP contribution >= 0.6 is 11.8 Å². The summed E-state index contributed by atoms with van der Waals surface area (Å²) in [6, 6.07) is 8.57. The fourth-order valence-electron chi connectivity index (χ4n) is 3.39. The molecule has 2 unspecified atom stereocenters. The summed E-state index contributed by atoms with van der Waals surface area (Å²) in [4.78, 5) is 38.2. The molecule has 2 aliphatic heterocycles. The highest BCUT2D eigenvalue weighted by Gasteiger charge is 2.64. The van der Waals surface area contributed by atoms with E-state index in [0.717, 1.165) is 5.56 Å². The van der Waals surface area contributed by atoms with Crippen molar-refractivity contribution in [3.63, 3.8) is 0 Å². The molecule has 2 heterocycles. The van der Waals surface area contributed by atoms with Crippen LogP contribution in [0.25, 0.3) is 0 Å². The van der Waals surface area contributed by atoms with Crippen molar-refractivity contribution < 1.29 is 19.1 Å². The maximum atomic E-state index is 12.5. The average molecular weight is 362 g/mol. The van der Waals surface area contributed by atoms with Crippen LogP contribution < -0.4 is 5.32 Å². The molecular formula is C18H22N2O4S. The largest absolute Gasteiger partial charge is 0.467 e. The molecule has 1 aromatic rings. The van der Waals surface area contributed by atoms with Gasteiger partial charge in [-0.15, -0.1) is 11.8 Å². The van der Waals surface area contributed by atoms with Gasteiger partial charge in [-0.05, 0) is 25.8 Å². The van der Waals surface area contributed by atoms with Crippen LogP contribution in [0.3, 0.4) is 0 Å². The van der Waals surface area contributed by atoms with E-state index in [4.69, 9.17) is 4.74 Å². The number of benzene rings is 1. The van der Waals surface area contributed by atoms with Crippen molar-refractivity contribution in [3.8, 4) is 0 Å². The minimum Gasteiger partial charge on any atom is -0.467 e. The average Bonchev–Trinajstić information content (AvgIpc) is 2.86. The molecule has 0 spiro atoms. The van der Waals surface area contributed by atoms with Crippen molar-refractivity contribution in [1.29, 1.82) is 0 Å². The van der Waals surface area contributed by atoms with Gasteiger partial charge in [-0.2, -0.15) is 0 Å². The molecule has 1 aromatic carbocycles. The number of fused-ring (bicyclic) bond motifs is 1. The van der Waals surface area contributed by atoms with E-state index in [2.05, 4.69) is 5.32 Å². The highest BCUT2D eigenvalue weighted by Crippen LogP contribution is 2.51. The van der Waals surface area contributed by atoms with Crippen LogP contribution in [0.2, 0.25) is 0 Å². The van der Waals surface area contributed by atoms with Gasteiger partial charge >= 0.3 is 5.97 Å². The van der Waals surface area contributed by atoms with Crippen LogP contribution in [-0.2, 0) is 25.5 Å². The standard InChI is InChI=1S/C18H22N2O4S/c1-18(2)14(17(23)24-3)20-15(22)13(16(20)25-18)19-12(21)10-9-11-7-5-4-6-8-11/h4-8,13-14,16H,9-10H2,1-3H3,(H,19,21)/t13?,14?,16-/m0/s1. The van der Waals surface area contributed by atoms with E-state index >= 15 is 0 Å². The van der Waals surface area contributed by atoms with Gasteiger partial charge < -0.3 is 15.0 Å². The summed E-state index contributed by atoms with van der Waals surface area (Å²) in [5.74, 6) is -0.782. The zero-order valence-electron chi connectivity index (χ0n) is 14.5. The Hall–Kier alpha value is -2.02. The highest BCUT2D eigenvalue weighted by atomic mass is 32.2. The van der Waals surface area contributed by atoms with Crippen LogP contribution in [0.1, 0.15) is 25.8 Å². The lowest BCUT2D eigenvalue weighted by molar-refractivity contribution is -0.162. The van der Waals surface area contributed by atoms with Gasteiger partial charge in [0, 0.05) is 11.2 Å². The number of thioether (sulfide) groups is 1. The Labute approximate surface area is 151 Å². The van der Waals surface area contributed by atoms with Crippen LogP contribution in [-0.4, -0.2) is 52.0 Å². The summed E-state index contributed by atoms with van der Waals surface area (Å²) in [6.45, 7) is 3.83. The van der Waals surface area contributed by atoms with Crippen molar-refractivity contribution in [2.75, 3.05) is 7.11 Å². The maximum Gasteiger partial charge on any atom is 0.330 e. The number of rotatable bonds is 5. The molecule has 0 radical (unpaired) electrons. The number of β-lactam (4-membered cyclic amide) rings is 1. The topological polar surface area (TPSA) is 75.7 Å². The first-order valence-corrected chi connectivity index (χ1v) is 9.14. The number of hydrogen-bond donors (Lipinski definition) is 1. The highest BCUT2D eigenvalue weighted by molar-refractivity contribution is 8.01. The number of aryl methyl sites for hydroxylation is 1. The first kappa shape index (κ1) is 17.8. The molecule has 1 N–H and O–H groups in total. The van der Waals surface area contributed by atoms with Gasteiger partial charge in [-0.3, -0.25) is 9.59 Å². The Kier molecular flexibility index (Phi) is 4.77. The predicted octanol–water partition coefficient (Wildman–Crippen LogP) is 1.34. The van der Waals surface area contributed by atoms with E-state index in [9.17, 15) is 14.4 Å². The third-order valence-electron chi connectivity index (χ3n) is 4.67. The Morgan fingerprint density at radius 2 is 1.96 bits per heavy atom. The van der Waals surface area contributed by atoms with Gasteiger partial charge in [0.05, 0.1) is 7.11 Å². The third kappa shape index (κ3) is 3.25. The number of methoxy groups -OCH3 is 1. The van der Waals surface area contributed by atoms with Gasteiger partial charge in [0.2, 0.25) is 11.8 Å². The maximum absolute atomic E-state index is 12.5. The Balaban J connectivity index is 1.59. The normalized spacial score (nSPS) is 26.6. The first-order chi connectivity index (χ1) is 11.8. The van der Waals surface area contributed by atoms with Gasteiger partial charge in [0.15, 0.2) is 0 Å². The van der Waals surface area contributed by atoms with Crippen LogP contribution in [0, 0.1) is 0 Å². The zero-order chi connectivity index (χ0) is 18.2. The quantitative estimate of drug-likeness (QED) is 0.632. The first-order valence-electron chi connectivity index (χ1n) is 8.26. The van der Waals surface area contributed by atoms with Gasteiger partial charge in [-0.1, -0.05) is 30.3 Å². The van der Waals surface area contributed by atoms with Crippen molar-refractivity contribution in [1.82, 2.24) is 10.2 Å². The number of amides is 2. The number of carbonyl (C=O) groups excluding carboxylic acids is 3. The smallest absolute Gasteiger partial charge is 0.330 e. The van der Waals surface area contributed by atoms with Crippen LogP contribution in [0.15, 0.2) is 30.3 Å². The van der Waals surface area contributed by atoms with Crippen LogP contribution in [0.5, 0.6) is 0 Å². The zero-order valence-corrected chi connectivity index (χ0v) is 15.3. The minimum absolute atomic E-state index is 0.151. The van der Waals surface area contributed by atoms with E-state index in [1.54, 1.807) is 4.90 Å². The van der Waals surface area contributed by atoms with Crippen molar-refractivity contribution in [2.45, 2.75) is 48.9 Å². The molecule has 25 heavy (non-hydrogen) atoms. The number of ether oxygens (including phenoxy) is 1. The molecule has 0 aromatic heterocycles. The molecule has 2 fully saturated rings. The monoisotopic (exact) mass is 362 g/mol. The molecule has 6 nitrogen and oxygen atoms in total. The Morgan fingerprint density at radius 3 is 2.60 bits per heavy atom. The van der Waals surface area contributed by atoms with E-state index < -0.39 is 22.8 Å². The fourth-order valence-corrected chi connectivity index (χ4v) is 5.01. The number of hydrogen-bond acceptors (Lipinski definition) is 5. The van der Waals surface area contributed by atoms with Gasteiger partial charge in [0.25, 0.3) is 0 Å². The molecule has 0 saturated carbocycles. The lowest BCUT2D eigenvalue weighted by Gasteiger charge is -2.43.